The summed E-state index contributed by atoms with van der Waals surface area (Å²) in [4.78, 5) is 0. The average Bonchev–Trinajstić information content (AvgIpc) is 3.82. The highest BCUT2D eigenvalue weighted by Gasteiger charge is 2.85. The minimum absolute atomic E-state index is 0.00437. The van der Waals surface area contributed by atoms with Crippen LogP contribution in [0, 0.1) is 50.7 Å². The van der Waals surface area contributed by atoms with E-state index in [1.54, 1.807) is 13.8 Å². The van der Waals surface area contributed by atoms with Crippen LogP contribution in [0.2, 0.25) is 0 Å². The quantitative estimate of drug-likeness (QED) is 0.105. The molecule has 3 heterocycles. The maximum absolute atomic E-state index is 11.3. The van der Waals surface area contributed by atoms with Crippen LogP contribution in [0.5, 0.6) is 0 Å². The lowest BCUT2D eigenvalue weighted by molar-refractivity contribution is -0.326. The molecular formula is C46H78O18. The summed E-state index contributed by atoms with van der Waals surface area (Å²) in [5, 5.41) is 128. The molecule has 12 N–H and O–H groups in total. The number of ether oxygens (including phenoxy) is 6. The molecule has 3 aliphatic heterocycles. The lowest BCUT2D eigenvalue weighted by atomic mass is 9.41. The van der Waals surface area contributed by atoms with Crippen LogP contribution in [-0.2, 0) is 28.4 Å². The van der Waals surface area contributed by atoms with E-state index < -0.39 is 133 Å². The van der Waals surface area contributed by atoms with Gasteiger partial charge in [0.1, 0.15) is 61.0 Å². The molecule has 25 unspecified atom stereocenters. The highest BCUT2D eigenvalue weighted by Crippen LogP contribution is 2.89. The molecule has 8 fully saturated rings. The van der Waals surface area contributed by atoms with Crippen molar-refractivity contribution in [3.8, 4) is 0 Å². The third kappa shape index (κ3) is 7.68. The Bertz CT molecular complexity index is 1650. The van der Waals surface area contributed by atoms with Gasteiger partial charge in [0.2, 0.25) is 0 Å². The van der Waals surface area contributed by atoms with Crippen molar-refractivity contribution in [1.82, 2.24) is 0 Å². The van der Waals surface area contributed by atoms with Gasteiger partial charge in [-0.05, 0) is 122 Å². The topological polar surface area (TPSA) is 298 Å². The number of aliphatic hydroxyl groups is 12. The van der Waals surface area contributed by atoms with Gasteiger partial charge in [0.15, 0.2) is 18.9 Å². The monoisotopic (exact) mass is 919 g/mol. The smallest absolute Gasteiger partial charge is 0.186 e. The van der Waals surface area contributed by atoms with Gasteiger partial charge in [0, 0.05) is 0 Å². The van der Waals surface area contributed by atoms with Gasteiger partial charge >= 0.3 is 0 Å². The first-order valence-electron chi connectivity index (χ1n) is 23.8. The van der Waals surface area contributed by atoms with E-state index >= 15 is 0 Å². The molecule has 25 atom stereocenters. The molecule has 0 aromatic carbocycles. The van der Waals surface area contributed by atoms with Gasteiger partial charge in [-0.15, -0.1) is 0 Å². The van der Waals surface area contributed by atoms with E-state index in [0.29, 0.717) is 32.1 Å². The maximum Gasteiger partial charge on any atom is 0.186 e. The lowest BCUT2D eigenvalue weighted by Crippen LogP contribution is -2.64. The van der Waals surface area contributed by atoms with Crippen LogP contribution in [0.3, 0.4) is 0 Å². The first kappa shape index (κ1) is 49.7. The van der Waals surface area contributed by atoms with Gasteiger partial charge < -0.3 is 89.7 Å². The Kier molecular flexibility index (Phi) is 13.4. The van der Waals surface area contributed by atoms with Crippen molar-refractivity contribution in [2.75, 3.05) is 19.8 Å². The van der Waals surface area contributed by atoms with Gasteiger partial charge in [-0.2, -0.15) is 0 Å². The maximum atomic E-state index is 11.3. The molecule has 18 nitrogen and oxygen atoms in total. The second-order valence-electron chi connectivity index (χ2n) is 23.1. The minimum atomic E-state index is -1.63. The van der Waals surface area contributed by atoms with Crippen LogP contribution in [0.25, 0.3) is 0 Å². The minimum Gasteiger partial charge on any atom is -0.394 e. The molecule has 0 radical (unpaired) electrons. The van der Waals surface area contributed by atoms with Crippen molar-refractivity contribution in [3.05, 3.63) is 0 Å². The Labute approximate surface area is 375 Å². The predicted octanol–water partition coefficient (Wildman–Crippen LogP) is -0.973. The zero-order valence-corrected chi connectivity index (χ0v) is 38.4. The van der Waals surface area contributed by atoms with Gasteiger partial charge in [-0.3, -0.25) is 0 Å². The van der Waals surface area contributed by atoms with E-state index in [1.807, 2.05) is 0 Å². The molecule has 5 saturated carbocycles. The van der Waals surface area contributed by atoms with Gasteiger partial charge in [-0.25, -0.2) is 0 Å². The molecule has 2 spiro atoms. The molecule has 8 aliphatic rings. The summed E-state index contributed by atoms with van der Waals surface area (Å²) in [6.07, 6.45) is -15.1. The summed E-state index contributed by atoms with van der Waals surface area (Å²) in [5.74, 6) is -0.449. The van der Waals surface area contributed by atoms with E-state index in [0.717, 1.165) is 25.7 Å². The molecular weight excluding hydrogens is 840 g/mol. The van der Waals surface area contributed by atoms with Crippen molar-refractivity contribution in [2.45, 2.75) is 216 Å². The van der Waals surface area contributed by atoms with Crippen molar-refractivity contribution < 1.29 is 89.7 Å². The van der Waals surface area contributed by atoms with Crippen molar-refractivity contribution in [3.63, 3.8) is 0 Å². The number of hydrogen-bond acceptors (Lipinski definition) is 18. The standard InChI is InChI=1S/C46H78O18/c1-20(8-9-27(50)42(4,5)58)29-24(62-40-36(57)33(54)32(53)25(16-47)63-40)15-44(7)26-14-23(61-38-34(55)30(51)21(48)17-59-38)37-41(2,3)28(64-39-35(56)31(52)22(49)18-60-39)10-11-46(37)19-45(26,46)13-12-43(29,44)6/h20-40,47-58H,8-19H2,1-7H3. The Morgan fingerprint density at radius 3 is 1.84 bits per heavy atom. The fourth-order valence-electron chi connectivity index (χ4n) is 15.4. The van der Waals surface area contributed by atoms with E-state index in [2.05, 4.69) is 34.6 Å². The predicted molar refractivity (Wildman–Crippen MR) is 222 cm³/mol. The second-order valence-corrected chi connectivity index (χ2v) is 23.1. The SMILES string of the molecule is CC(CCC(O)C(C)(C)O)C1C(OC2OC(CO)C(O)C(O)C2O)CC2(C)C3CC(OC4OCC(O)C(O)C4O)C4C(C)(C)C(OC5OCC(O)C(O)C5O)CCC45CC35CCC12C. The summed E-state index contributed by atoms with van der Waals surface area (Å²) in [7, 11) is 0. The van der Waals surface area contributed by atoms with Crippen LogP contribution >= 0.6 is 0 Å². The summed E-state index contributed by atoms with van der Waals surface area (Å²) in [6.45, 7) is 13.0. The van der Waals surface area contributed by atoms with Gasteiger partial charge in [-0.1, -0.05) is 34.6 Å². The van der Waals surface area contributed by atoms with Crippen LogP contribution in [0.4, 0.5) is 0 Å². The van der Waals surface area contributed by atoms with E-state index in [4.69, 9.17) is 28.4 Å². The Balaban J connectivity index is 1.15. The van der Waals surface area contributed by atoms with Crippen molar-refractivity contribution in [1.29, 1.82) is 0 Å². The average molecular weight is 919 g/mol. The third-order valence-electron chi connectivity index (χ3n) is 19.0. The molecule has 0 aromatic rings. The highest BCUT2D eigenvalue weighted by molar-refractivity contribution is 5.33. The molecule has 18 heteroatoms. The fraction of sp³-hybridized carbons (Fsp3) is 1.00. The Hall–Kier alpha value is -0.720. The lowest BCUT2D eigenvalue weighted by Gasteiger charge is -2.65. The number of hydrogen-bond donors (Lipinski definition) is 12. The van der Waals surface area contributed by atoms with Crippen LogP contribution in [0.1, 0.15) is 106 Å². The zero-order chi connectivity index (χ0) is 46.9. The number of aliphatic hydroxyl groups excluding tert-OH is 11. The largest absolute Gasteiger partial charge is 0.394 e. The zero-order valence-electron chi connectivity index (χ0n) is 38.4. The Morgan fingerprint density at radius 1 is 0.672 bits per heavy atom. The summed E-state index contributed by atoms with van der Waals surface area (Å²) >= 11 is 0. The molecule has 5 aliphatic carbocycles. The summed E-state index contributed by atoms with van der Waals surface area (Å²) < 4.78 is 37.9. The normalized spacial score (nSPS) is 54.5. The van der Waals surface area contributed by atoms with Gasteiger partial charge in [0.05, 0.1) is 49.8 Å². The summed E-state index contributed by atoms with van der Waals surface area (Å²) in [6, 6.07) is 0. The Morgan fingerprint density at radius 2 is 1.25 bits per heavy atom. The third-order valence-corrected chi connectivity index (χ3v) is 19.0. The van der Waals surface area contributed by atoms with Crippen LogP contribution < -0.4 is 0 Å². The number of fused-ring (bicyclic) bond motifs is 2. The highest BCUT2D eigenvalue weighted by atomic mass is 16.7. The van der Waals surface area contributed by atoms with E-state index in [9.17, 15) is 61.3 Å². The molecule has 0 bridgehead atoms. The molecule has 0 aromatic heterocycles. The first-order valence-corrected chi connectivity index (χ1v) is 23.8. The second kappa shape index (κ2) is 17.3. The van der Waals surface area contributed by atoms with E-state index in [-0.39, 0.29) is 47.7 Å². The molecule has 370 valence electrons. The molecule has 64 heavy (non-hydrogen) atoms. The summed E-state index contributed by atoms with van der Waals surface area (Å²) in [5.41, 5.74) is -3.30. The molecule has 3 saturated heterocycles. The van der Waals surface area contributed by atoms with E-state index in [1.165, 1.54) is 0 Å². The van der Waals surface area contributed by atoms with Gasteiger partial charge in [0.25, 0.3) is 0 Å². The fourth-order valence-corrected chi connectivity index (χ4v) is 15.4. The first-order chi connectivity index (χ1) is 29.8. The number of rotatable bonds is 12. The van der Waals surface area contributed by atoms with Crippen molar-refractivity contribution >= 4 is 0 Å². The van der Waals surface area contributed by atoms with Crippen molar-refractivity contribution in [2.24, 2.45) is 50.7 Å². The molecule has 8 rings (SSSR count). The van der Waals surface area contributed by atoms with Crippen LogP contribution in [-0.4, -0.2) is 191 Å². The van der Waals surface area contributed by atoms with Crippen LogP contribution in [0.15, 0.2) is 0 Å². The molecule has 0 amide bonds.